The fourth-order valence-corrected chi connectivity index (χ4v) is 1.82. The molecule has 2 N–H and O–H groups in total. The molecule has 1 fully saturated rings. The van der Waals surface area contributed by atoms with Gasteiger partial charge in [0.2, 0.25) is 11.8 Å². The normalized spacial score (nSPS) is 18.4. The minimum atomic E-state index is -0.0290. The summed E-state index contributed by atoms with van der Waals surface area (Å²) in [5.41, 5.74) is 0. The summed E-state index contributed by atoms with van der Waals surface area (Å²) in [6.07, 6.45) is 3.15. The van der Waals surface area contributed by atoms with Gasteiger partial charge in [-0.3, -0.25) is 9.59 Å². The van der Waals surface area contributed by atoms with E-state index in [0.717, 1.165) is 19.4 Å². The van der Waals surface area contributed by atoms with E-state index in [9.17, 15) is 9.59 Å². The SMILES string of the molecule is CNC(=O)CCN(C)C(=O)CC1CCCN1.Cl. The van der Waals surface area contributed by atoms with Gasteiger partial charge in [-0.25, -0.2) is 0 Å². The van der Waals surface area contributed by atoms with Gasteiger partial charge in [0.05, 0.1) is 0 Å². The Morgan fingerprint density at radius 3 is 2.71 bits per heavy atom. The second kappa shape index (κ2) is 8.31. The van der Waals surface area contributed by atoms with Crippen molar-refractivity contribution in [3.05, 3.63) is 0 Å². The molecule has 17 heavy (non-hydrogen) atoms. The molecule has 0 saturated carbocycles. The summed E-state index contributed by atoms with van der Waals surface area (Å²) < 4.78 is 0. The Kier molecular flexibility index (Phi) is 7.91. The van der Waals surface area contributed by atoms with E-state index in [0.29, 0.717) is 25.4 Å². The Hall–Kier alpha value is -0.810. The monoisotopic (exact) mass is 263 g/mol. The number of nitrogens with one attached hydrogen (secondary N) is 2. The summed E-state index contributed by atoms with van der Waals surface area (Å²) in [5, 5.41) is 5.83. The molecular formula is C11H22ClN3O2. The van der Waals surface area contributed by atoms with E-state index in [4.69, 9.17) is 0 Å². The Morgan fingerprint density at radius 1 is 1.47 bits per heavy atom. The molecule has 0 aromatic heterocycles. The molecule has 1 unspecified atom stereocenters. The molecule has 1 atom stereocenters. The molecule has 0 bridgehead atoms. The third-order valence-electron chi connectivity index (χ3n) is 2.96. The molecule has 1 heterocycles. The lowest BCUT2D eigenvalue weighted by Crippen LogP contribution is -2.35. The van der Waals surface area contributed by atoms with Crippen LogP contribution in [0.3, 0.4) is 0 Å². The minimum Gasteiger partial charge on any atom is -0.359 e. The van der Waals surface area contributed by atoms with Gasteiger partial charge < -0.3 is 15.5 Å². The molecule has 0 aliphatic carbocycles. The highest BCUT2D eigenvalue weighted by Gasteiger charge is 2.19. The van der Waals surface area contributed by atoms with Crippen LogP contribution in [0.5, 0.6) is 0 Å². The quantitative estimate of drug-likeness (QED) is 0.742. The third kappa shape index (κ3) is 5.89. The molecule has 0 aromatic carbocycles. The van der Waals surface area contributed by atoms with Crippen molar-refractivity contribution in [2.24, 2.45) is 0 Å². The highest BCUT2D eigenvalue weighted by atomic mass is 35.5. The average molecular weight is 264 g/mol. The van der Waals surface area contributed by atoms with Gasteiger partial charge in [-0.15, -0.1) is 12.4 Å². The van der Waals surface area contributed by atoms with Gasteiger partial charge in [0.15, 0.2) is 0 Å². The van der Waals surface area contributed by atoms with Gasteiger partial charge >= 0.3 is 0 Å². The van der Waals surface area contributed by atoms with E-state index in [1.165, 1.54) is 0 Å². The summed E-state index contributed by atoms with van der Waals surface area (Å²) in [6, 6.07) is 0.329. The number of rotatable bonds is 5. The molecule has 0 radical (unpaired) electrons. The molecule has 1 aliphatic heterocycles. The van der Waals surface area contributed by atoms with Gasteiger partial charge in [-0.1, -0.05) is 0 Å². The largest absolute Gasteiger partial charge is 0.359 e. The van der Waals surface area contributed by atoms with Gasteiger partial charge in [-0.2, -0.15) is 0 Å². The summed E-state index contributed by atoms with van der Waals surface area (Å²) in [5.74, 6) is 0.0851. The van der Waals surface area contributed by atoms with Gasteiger partial charge in [-0.05, 0) is 19.4 Å². The molecule has 1 rings (SSSR count). The Morgan fingerprint density at radius 2 is 2.18 bits per heavy atom. The Bertz CT molecular complexity index is 255. The number of hydrogen-bond acceptors (Lipinski definition) is 3. The van der Waals surface area contributed by atoms with Crippen molar-refractivity contribution >= 4 is 24.2 Å². The van der Waals surface area contributed by atoms with E-state index in [1.807, 2.05) is 0 Å². The topological polar surface area (TPSA) is 61.4 Å². The number of nitrogens with zero attached hydrogens (tertiary/aromatic N) is 1. The van der Waals surface area contributed by atoms with Crippen molar-refractivity contribution in [1.82, 2.24) is 15.5 Å². The second-order valence-corrected chi connectivity index (χ2v) is 4.24. The van der Waals surface area contributed by atoms with Gasteiger partial charge in [0, 0.05) is 39.5 Å². The lowest BCUT2D eigenvalue weighted by atomic mass is 10.1. The van der Waals surface area contributed by atoms with Gasteiger partial charge in [0.1, 0.15) is 0 Å². The summed E-state index contributed by atoms with van der Waals surface area (Å²) >= 11 is 0. The fraction of sp³-hybridized carbons (Fsp3) is 0.818. The highest BCUT2D eigenvalue weighted by Crippen LogP contribution is 2.09. The molecule has 1 saturated heterocycles. The van der Waals surface area contributed by atoms with E-state index >= 15 is 0 Å². The average Bonchev–Trinajstić information content (AvgIpc) is 2.77. The van der Waals surface area contributed by atoms with Crippen LogP contribution in [-0.2, 0) is 9.59 Å². The maximum atomic E-state index is 11.8. The minimum absolute atomic E-state index is 0. The summed E-state index contributed by atoms with van der Waals surface area (Å²) in [7, 11) is 3.35. The first-order valence-electron chi connectivity index (χ1n) is 5.81. The van der Waals surface area contributed by atoms with E-state index < -0.39 is 0 Å². The smallest absolute Gasteiger partial charge is 0.223 e. The first-order chi connectivity index (χ1) is 7.63. The first-order valence-corrected chi connectivity index (χ1v) is 5.81. The zero-order chi connectivity index (χ0) is 12.0. The van der Waals surface area contributed by atoms with E-state index in [-0.39, 0.29) is 24.2 Å². The standard InChI is InChI=1S/C11H21N3O2.ClH/c1-12-10(15)5-7-14(2)11(16)8-9-4-3-6-13-9;/h9,13H,3-8H2,1-2H3,(H,12,15);1H. The number of amides is 2. The molecule has 100 valence electrons. The number of carbonyl (C=O) groups excluding carboxylic acids is 2. The highest BCUT2D eigenvalue weighted by molar-refractivity contribution is 5.85. The number of hydrogen-bond donors (Lipinski definition) is 2. The van der Waals surface area contributed by atoms with Crippen molar-refractivity contribution in [1.29, 1.82) is 0 Å². The van der Waals surface area contributed by atoms with Crippen LogP contribution >= 0.6 is 12.4 Å². The van der Waals surface area contributed by atoms with Crippen LogP contribution < -0.4 is 10.6 Å². The molecule has 0 spiro atoms. The Balaban J connectivity index is 0.00000256. The molecule has 0 aromatic rings. The predicted molar refractivity (Wildman–Crippen MR) is 69.2 cm³/mol. The number of halogens is 1. The van der Waals surface area contributed by atoms with Crippen LogP contribution in [0, 0.1) is 0 Å². The molecule has 5 nitrogen and oxygen atoms in total. The van der Waals surface area contributed by atoms with Crippen LogP contribution in [0.4, 0.5) is 0 Å². The van der Waals surface area contributed by atoms with Crippen LogP contribution in [-0.4, -0.2) is 49.9 Å². The molecule has 1 aliphatic rings. The molecular weight excluding hydrogens is 242 g/mol. The predicted octanol–water partition coefficient (Wildman–Crippen LogP) is 0.145. The van der Waals surface area contributed by atoms with Crippen molar-refractivity contribution in [3.8, 4) is 0 Å². The van der Waals surface area contributed by atoms with Crippen molar-refractivity contribution < 1.29 is 9.59 Å². The third-order valence-corrected chi connectivity index (χ3v) is 2.96. The molecule has 2 amide bonds. The van der Waals surface area contributed by atoms with Crippen molar-refractivity contribution in [3.63, 3.8) is 0 Å². The zero-order valence-corrected chi connectivity index (χ0v) is 11.3. The van der Waals surface area contributed by atoms with Crippen LogP contribution in [0.15, 0.2) is 0 Å². The maximum absolute atomic E-state index is 11.8. The zero-order valence-electron chi connectivity index (χ0n) is 10.5. The summed E-state index contributed by atoms with van der Waals surface area (Å²) in [4.78, 5) is 24.4. The second-order valence-electron chi connectivity index (χ2n) is 4.24. The summed E-state index contributed by atoms with van der Waals surface area (Å²) in [6.45, 7) is 1.51. The van der Waals surface area contributed by atoms with Crippen LogP contribution in [0.2, 0.25) is 0 Å². The van der Waals surface area contributed by atoms with Crippen LogP contribution in [0.1, 0.15) is 25.7 Å². The van der Waals surface area contributed by atoms with Crippen molar-refractivity contribution in [2.45, 2.75) is 31.7 Å². The lowest BCUT2D eigenvalue weighted by molar-refractivity contribution is -0.131. The fourth-order valence-electron chi connectivity index (χ4n) is 1.82. The van der Waals surface area contributed by atoms with E-state index in [2.05, 4.69) is 10.6 Å². The van der Waals surface area contributed by atoms with Crippen molar-refractivity contribution in [2.75, 3.05) is 27.2 Å². The van der Waals surface area contributed by atoms with Crippen LogP contribution in [0.25, 0.3) is 0 Å². The lowest BCUT2D eigenvalue weighted by Gasteiger charge is -2.19. The number of carbonyl (C=O) groups is 2. The van der Waals surface area contributed by atoms with Gasteiger partial charge in [0.25, 0.3) is 0 Å². The maximum Gasteiger partial charge on any atom is 0.223 e. The molecule has 6 heteroatoms. The van der Waals surface area contributed by atoms with E-state index in [1.54, 1.807) is 19.0 Å². The Labute approximate surface area is 109 Å². The first kappa shape index (κ1) is 16.2.